The van der Waals surface area contributed by atoms with Crippen molar-refractivity contribution >= 4 is 11.8 Å². The topological polar surface area (TPSA) is 75.6 Å². The average Bonchev–Trinajstić information content (AvgIpc) is 3.00. The molecule has 7 nitrogen and oxygen atoms in total. The van der Waals surface area contributed by atoms with Crippen LogP contribution in [-0.2, 0) is 9.59 Å². The largest absolute Gasteiger partial charge is 0.463 e. The van der Waals surface area contributed by atoms with Gasteiger partial charge in [0.1, 0.15) is 0 Å². The summed E-state index contributed by atoms with van der Waals surface area (Å²) in [5.41, 5.74) is 0. The van der Waals surface area contributed by atoms with Crippen molar-refractivity contribution in [3.63, 3.8) is 0 Å². The number of piperidine rings is 1. The van der Waals surface area contributed by atoms with Crippen molar-refractivity contribution in [1.82, 2.24) is 19.8 Å². The van der Waals surface area contributed by atoms with Crippen molar-refractivity contribution in [2.75, 3.05) is 32.8 Å². The third-order valence-electron chi connectivity index (χ3n) is 5.31. The number of aromatic nitrogens is 2. The van der Waals surface area contributed by atoms with Crippen LogP contribution < -0.4 is 4.74 Å². The molecule has 0 saturated carbocycles. The minimum absolute atomic E-state index is 0.189. The molecule has 7 heteroatoms. The summed E-state index contributed by atoms with van der Waals surface area (Å²) in [5.74, 6) is 1.54. The van der Waals surface area contributed by atoms with Crippen LogP contribution in [0.25, 0.3) is 0 Å². The highest BCUT2D eigenvalue weighted by atomic mass is 16.5. The zero-order valence-electron chi connectivity index (χ0n) is 16.3. The van der Waals surface area contributed by atoms with Crippen LogP contribution in [0.3, 0.4) is 0 Å². The van der Waals surface area contributed by atoms with Gasteiger partial charge in [-0.2, -0.15) is 0 Å². The SMILES string of the molecule is CC(C)CC(=O)N1CCC(CN2CC(COc3ncccn3)CC2=O)CC1. The van der Waals surface area contributed by atoms with E-state index in [-0.39, 0.29) is 17.7 Å². The second-order valence-electron chi connectivity index (χ2n) is 8.13. The van der Waals surface area contributed by atoms with E-state index in [2.05, 4.69) is 23.8 Å². The fourth-order valence-corrected chi connectivity index (χ4v) is 3.85. The molecule has 0 radical (unpaired) electrons. The number of hydrogen-bond acceptors (Lipinski definition) is 5. The quantitative estimate of drug-likeness (QED) is 0.730. The Kier molecular flexibility index (Phi) is 6.63. The fourth-order valence-electron chi connectivity index (χ4n) is 3.85. The van der Waals surface area contributed by atoms with Gasteiger partial charge in [-0.1, -0.05) is 13.8 Å². The molecule has 2 aliphatic rings. The predicted octanol–water partition coefficient (Wildman–Crippen LogP) is 1.99. The summed E-state index contributed by atoms with van der Waals surface area (Å²) >= 11 is 0. The molecule has 2 saturated heterocycles. The summed E-state index contributed by atoms with van der Waals surface area (Å²) in [6.45, 7) is 7.78. The molecule has 2 amide bonds. The van der Waals surface area contributed by atoms with Gasteiger partial charge in [0.25, 0.3) is 0 Å². The number of ether oxygens (including phenoxy) is 1. The molecule has 0 bridgehead atoms. The van der Waals surface area contributed by atoms with Gasteiger partial charge in [0.05, 0.1) is 6.61 Å². The Morgan fingerprint density at radius 1 is 1.22 bits per heavy atom. The zero-order chi connectivity index (χ0) is 19.2. The van der Waals surface area contributed by atoms with Crippen LogP contribution in [-0.4, -0.2) is 64.4 Å². The lowest BCUT2D eigenvalue weighted by Crippen LogP contribution is -2.42. The number of hydrogen-bond donors (Lipinski definition) is 0. The van der Waals surface area contributed by atoms with E-state index in [1.54, 1.807) is 18.5 Å². The van der Waals surface area contributed by atoms with E-state index in [9.17, 15) is 9.59 Å². The highest BCUT2D eigenvalue weighted by molar-refractivity contribution is 5.78. The van der Waals surface area contributed by atoms with Gasteiger partial charge >= 0.3 is 6.01 Å². The number of amides is 2. The summed E-state index contributed by atoms with van der Waals surface area (Å²) in [7, 11) is 0. The Bertz CT molecular complexity index is 629. The van der Waals surface area contributed by atoms with Crippen molar-refractivity contribution < 1.29 is 14.3 Å². The van der Waals surface area contributed by atoms with Crippen LogP contribution in [0, 0.1) is 17.8 Å². The van der Waals surface area contributed by atoms with Gasteiger partial charge in [0.15, 0.2) is 0 Å². The maximum atomic E-state index is 12.3. The number of nitrogens with zero attached hydrogens (tertiary/aromatic N) is 4. The Hall–Kier alpha value is -2.18. The highest BCUT2D eigenvalue weighted by Gasteiger charge is 2.33. The summed E-state index contributed by atoms with van der Waals surface area (Å²) in [5, 5.41) is 0. The number of rotatable bonds is 7. The molecule has 27 heavy (non-hydrogen) atoms. The van der Waals surface area contributed by atoms with Gasteiger partial charge in [-0.05, 0) is 30.7 Å². The number of carbonyl (C=O) groups excluding carboxylic acids is 2. The molecule has 1 atom stereocenters. The molecule has 2 aliphatic heterocycles. The molecule has 0 spiro atoms. The third kappa shape index (κ3) is 5.65. The molecule has 1 aromatic heterocycles. The van der Waals surface area contributed by atoms with Crippen LogP contribution in [0.1, 0.15) is 39.5 Å². The summed E-state index contributed by atoms with van der Waals surface area (Å²) in [6, 6.07) is 2.11. The van der Waals surface area contributed by atoms with E-state index < -0.39 is 0 Å². The molecular formula is C20H30N4O3. The van der Waals surface area contributed by atoms with Gasteiger partial charge in [-0.15, -0.1) is 0 Å². The summed E-state index contributed by atoms with van der Waals surface area (Å²) < 4.78 is 5.60. The smallest absolute Gasteiger partial charge is 0.316 e. The molecule has 3 rings (SSSR count). The molecule has 3 heterocycles. The predicted molar refractivity (Wildman–Crippen MR) is 101 cm³/mol. The van der Waals surface area contributed by atoms with Crippen molar-refractivity contribution in [2.24, 2.45) is 17.8 Å². The molecule has 1 unspecified atom stereocenters. The van der Waals surface area contributed by atoms with Gasteiger partial charge in [0, 0.05) is 57.3 Å². The molecular weight excluding hydrogens is 344 g/mol. The monoisotopic (exact) mass is 374 g/mol. The van der Waals surface area contributed by atoms with Crippen molar-refractivity contribution in [3.8, 4) is 6.01 Å². The molecule has 0 aliphatic carbocycles. The number of likely N-dealkylation sites (tertiary alicyclic amines) is 2. The van der Waals surface area contributed by atoms with Gasteiger partial charge in [0.2, 0.25) is 11.8 Å². The summed E-state index contributed by atoms with van der Waals surface area (Å²) in [6.07, 6.45) is 6.40. The molecule has 2 fully saturated rings. The fraction of sp³-hybridized carbons (Fsp3) is 0.700. The highest BCUT2D eigenvalue weighted by Crippen LogP contribution is 2.24. The first-order valence-corrected chi connectivity index (χ1v) is 9.96. The standard InChI is InChI=1S/C20H30N4O3/c1-15(2)10-18(25)23-8-4-16(5-9-23)12-24-13-17(11-19(24)26)14-27-20-21-6-3-7-22-20/h3,6-7,15-17H,4-5,8-14H2,1-2H3. The Labute approximate surface area is 161 Å². The lowest BCUT2D eigenvalue weighted by molar-refractivity contribution is -0.134. The lowest BCUT2D eigenvalue weighted by Gasteiger charge is -2.34. The van der Waals surface area contributed by atoms with Crippen LogP contribution in [0.15, 0.2) is 18.5 Å². The van der Waals surface area contributed by atoms with Crippen molar-refractivity contribution in [1.29, 1.82) is 0 Å². The first-order chi connectivity index (χ1) is 13.0. The molecule has 0 N–H and O–H groups in total. The minimum Gasteiger partial charge on any atom is -0.463 e. The van der Waals surface area contributed by atoms with Gasteiger partial charge in [-0.3, -0.25) is 9.59 Å². The second-order valence-corrected chi connectivity index (χ2v) is 8.13. The first-order valence-electron chi connectivity index (χ1n) is 9.96. The Morgan fingerprint density at radius 2 is 1.93 bits per heavy atom. The van der Waals surface area contributed by atoms with Crippen LogP contribution in [0.2, 0.25) is 0 Å². The van der Waals surface area contributed by atoms with Crippen molar-refractivity contribution in [2.45, 2.75) is 39.5 Å². The van der Waals surface area contributed by atoms with E-state index in [1.165, 1.54) is 0 Å². The zero-order valence-corrected chi connectivity index (χ0v) is 16.3. The van der Waals surface area contributed by atoms with Crippen LogP contribution in [0.4, 0.5) is 0 Å². The number of carbonyl (C=O) groups is 2. The lowest BCUT2D eigenvalue weighted by atomic mass is 9.95. The van der Waals surface area contributed by atoms with E-state index >= 15 is 0 Å². The Balaban J connectivity index is 1.40. The van der Waals surface area contributed by atoms with E-state index in [0.29, 0.717) is 37.3 Å². The molecule has 1 aromatic rings. The molecule has 148 valence electrons. The normalized spacial score (nSPS) is 21.1. The molecule has 0 aromatic carbocycles. The van der Waals surface area contributed by atoms with E-state index in [0.717, 1.165) is 39.0 Å². The van der Waals surface area contributed by atoms with Gasteiger partial charge < -0.3 is 14.5 Å². The first kappa shape index (κ1) is 19.6. The maximum absolute atomic E-state index is 12.3. The van der Waals surface area contributed by atoms with Gasteiger partial charge in [-0.25, -0.2) is 9.97 Å². The van der Waals surface area contributed by atoms with Crippen LogP contribution in [0.5, 0.6) is 6.01 Å². The third-order valence-corrected chi connectivity index (χ3v) is 5.31. The Morgan fingerprint density at radius 3 is 2.59 bits per heavy atom. The van der Waals surface area contributed by atoms with Crippen LogP contribution >= 0.6 is 0 Å². The van der Waals surface area contributed by atoms with Crippen molar-refractivity contribution in [3.05, 3.63) is 18.5 Å². The average molecular weight is 374 g/mol. The maximum Gasteiger partial charge on any atom is 0.316 e. The van der Waals surface area contributed by atoms with E-state index in [1.807, 2.05) is 9.80 Å². The van der Waals surface area contributed by atoms with E-state index in [4.69, 9.17) is 4.74 Å². The second kappa shape index (κ2) is 9.15. The minimum atomic E-state index is 0.189. The summed E-state index contributed by atoms with van der Waals surface area (Å²) in [4.78, 5) is 36.6.